The highest BCUT2D eigenvalue weighted by Crippen LogP contribution is 2.29. The van der Waals surface area contributed by atoms with Crippen LogP contribution >= 0.6 is 11.3 Å². The summed E-state index contributed by atoms with van der Waals surface area (Å²) in [4.78, 5) is 20.8. The van der Waals surface area contributed by atoms with Crippen molar-refractivity contribution in [3.63, 3.8) is 0 Å². The molecule has 1 atom stereocenters. The van der Waals surface area contributed by atoms with Gasteiger partial charge in [-0.2, -0.15) is 0 Å². The third-order valence-corrected chi connectivity index (χ3v) is 8.42. The monoisotopic (exact) mass is 450 g/mol. The van der Waals surface area contributed by atoms with Gasteiger partial charge in [-0.15, -0.1) is 11.3 Å². The van der Waals surface area contributed by atoms with E-state index in [0.29, 0.717) is 11.7 Å². The van der Waals surface area contributed by atoms with Gasteiger partial charge in [0.05, 0.1) is 11.9 Å². The van der Waals surface area contributed by atoms with Gasteiger partial charge in [0.2, 0.25) is 0 Å². The molecule has 162 valence electrons. The number of carboxylic acid groups (broad SMARTS) is 1. The van der Waals surface area contributed by atoms with Gasteiger partial charge in [0.25, 0.3) is 10.0 Å². The maximum atomic E-state index is 12.4. The number of carbonyl (C=O) groups is 1. The SMILES string of the molecule is O=C(O)c1cc(NS(=O)(=O)c2cccs2)cnc1N1CCCC(CN2CCCC2)C1. The van der Waals surface area contributed by atoms with Crippen LogP contribution in [-0.4, -0.2) is 62.1 Å². The number of nitrogens with zero attached hydrogens (tertiary/aromatic N) is 3. The van der Waals surface area contributed by atoms with E-state index in [0.717, 1.165) is 56.9 Å². The molecule has 10 heteroatoms. The Kier molecular flexibility index (Phi) is 6.26. The zero-order chi connectivity index (χ0) is 21.1. The summed E-state index contributed by atoms with van der Waals surface area (Å²) in [5.41, 5.74) is 0.165. The van der Waals surface area contributed by atoms with Gasteiger partial charge in [0.15, 0.2) is 0 Å². The molecule has 8 nitrogen and oxygen atoms in total. The van der Waals surface area contributed by atoms with Gasteiger partial charge < -0.3 is 14.9 Å². The predicted molar refractivity (Wildman–Crippen MR) is 117 cm³/mol. The number of nitrogens with one attached hydrogen (secondary N) is 1. The normalized spacial score (nSPS) is 20.4. The molecule has 0 spiro atoms. The van der Waals surface area contributed by atoms with Crippen molar-refractivity contribution in [2.45, 2.75) is 29.9 Å². The number of sulfonamides is 1. The first-order valence-electron chi connectivity index (χ1n) is 10.2. The first kappa shape index (κ1) is 21.1. The largest absolute Gasteiger partial charge is 0.478 e. The fraction of sp³-hybridized carbons (Fsp3) is 0.500. The summed E-state index contributed by atoms with van der Waals surface area (Å²) in [6.07, 6.45) is 6.03. The first-order valence-corrected chi connectivity index (χ1v) is 12.6. The second-order valence-electron chi connectivity index (χ2n) is 7.90. The third-order valence-electron chi connectivity index (χ3n) is 5.64. The number of thiophene rings is 1. The van der Waals surface area contributed by atoms with E-state index in [1.807, 2.05) is 4.90 Å². The second-order valence-corrected chi connectivity index (χ2v) is 10.8. The van der Waals surface area contributed by atoms with Crippen LogP contribution in [0.15, 0.2) is 34.0 Å². The summed E-state index contributed by atoms with van der Waals surface area (Å²) < 4.78 is 27.5. The number of aromatic nitrogens is 1. The van der Waals surface area contributed by atoms with Gasteiger partial charge in [-0.25, -0.2) is 18.2 Å². The minimum Gasteiger partial charge on any atom is -0.478 e. The molecule has 1 unspecified atom stereocenters. The van der Waals surface area contributed by atoms with E-state index >= 15 is 0 Å². The highest BCUT2D eigenvalue weighted by Gasteiger charge is 2.27. The zero-order valence-corrected chi connectivity index (χ0v) is 18.3. The molecule has 2 aliphatic rings. The van der Waals surface area contributed by atoms with Gasteiger partial charge in [0.1, 0.15) is 15.6 Å². The van der Waals surface area contributed by atoms with E-state index in [9.17, 15) is 18.3 Å². The summed E-state index contributed by atoms with van der Waals surface area (Å²) >= 11 is 1.10. The Labute approximate surface area is 180 Å². The Bertz CT molecular complexity index is 988. The quantitative estimate of drug-likeness (QED) is 0.668. The highest BCUT2D eigenvalue weighted by molar-refractivity contribution is 7.94. The van der Waals surface area contributed by atoms with Gasteiger partial charge in [0, 0.05) is 19.6 Å². The molecule has 0 radical (unpaired) electrons. The Morgan fingerprint density at radius 2 is 2.07 bits per heavy atom. The van der Waals surface area contributed by atoms with Crippen molar-refractivity contribution in [1.82, 2.24) is 9.88 Å². The molecule has 2 aliphatic heterocycles. The van der Waals surface area contributed by atoms with Gasteiger partial charge in [-0.05, 0) is 62.2 Å². The molecule has 2 aromatic heterocycles. The molecule has 0 bridgehead atoms. The van der Waals surface area contributed by atoms with Gasteiger partial charge in [-0.3, -0.25) is 4.72 Å². The zero-order valence-electron chi connectivity index (χ0n) is 16.7. The number of carboxylic acids is 1. The maximum Gasteiger partial charge on any atom is 0.339 e. The number of aromatic carboxylic acids is 1. The summed E-state index contributed by atoms with van der Waals surface area (Å²) in [7, 11) is -3.76. The lowest BCUT2D eigenvalue weighted by atomic mass is 9.97. The Morgan fingerprint density at radius 1 is 1.27 bits per heavy atom. The van der Waals surface area contributed by atoms with E-state index in [1.165, 1.54) is 31.2 Å². The van der Waals surface area contributed by atoms with Gasteiger partial charge in [-0.1, -0.05) is 6.07 Å². The molecule has 0 saturated carbocycles. The van der Waals surface area contributed by atoms with Crippen LogP contribution in [0.5, 0.6) is 0 Å². The number of rotatable bonds is 7. The fourth-order valence-electron chi connectivity index (χ4n) is 4.28. The molecular formula is C20H26N4O4S2. The van der Waals surface area contributed by atoms with Crippen LogP contribution in [0.3, 0.4) is 0 Å². The van der Waals surface area contributed by atoms with Gasteiger partial charge >= 0.3 is 5.97 Å². The lowest BCUT2D eigenvalue weighted by Crippen LogP contribution is -2.41. The molecule has 2 fully saturated rings. The average molecular weight is 451 g/mol. The van der Waals surface area contributed by atoms with Crippen LogP contribution in [0.2, 0.25) is 0 Å². The van der Waals surface area contributed by atoms with Crippen LogP contribution in [0.4, 0.5) is 11.5 Å². The molecule has 4 rings (SSSR count). The van der Waals surface area contributed by atoms with Crippen LogP contribution in [0.25, 0.3) is 0 Å². The van der Waals surface area contributed by atoms with E-state index in [1.54, 1.807) is 11.4 Å². The van der Waals surface area contributed by atoms with E-state index in [-0.39, 0.29) is 15.5 Å². The summed E-state index contributed by atoms with van der Waals surface area (Å²) in [6, 6.07) is 4.51. The lowest BCUT2D eigenvalue weighted by Gasteiger charge is -2.36. The van der Waals surface area contributed by atoms with Crippen LogP contribution in [-0.2, 0) is 10.0 Å². The van der Waals surface area contributed by atoms with Crippen LogP contribution in [0, 0.1) is 5.92 Å². The van der Waals surface area contributed by atoms with Crippen molar-refractivity contribution in [1.29, 1.82) is 0 Å². The van der Waals surface area contributed by atoms with Crippen molar-refractivity contribution in [2.24, 2.45) is 5.92 Å². The van der Waals surface area contributed by atoms with E-state index in [2.05, 4.69) is 14.6 Å². The van der Waals surface area contributed by atoms with Crippen molar-refractivity contribution >= 4 is 38.8 Å². The highest BCUT2D eigenvalue weighted by atomic mass is 32.2. The summed E-state index contributed by atoms with van der Waals surface area (Å²) in [5, 5.41) is 11.4. The van der Waals surface area contributed by atoms with Crippen molar-refractivity contribution in [2.75, 3.05) is 42.3 Å². The summed E-state index contributed by atoms with van der Waals surface area (Å²) in [6.45, 7) is 4.86. The number of piperidine rings is 1. The second kappa shape index (κ2) is 8.91. The standard InChI is InChI=1S/C20H26N4O4S2/c25-20(26)17-11-16(22-30(27,28)18-6-4-10-29-18)12-21-19(17)24-9-3-5-15(14-24)13-23-7-1-2-8-23/h4,6,10-12,15,22H,1-3,5,7-9,13-14H2,(H,25,26). The van der Waals surface area contributed by atoms with Crippen LogP contribution < -0.4 is 9.62 Å². The number of pyridine rings is 1. The first-order chi connectivity index (χ1) is 14.4. The Hall–Kier alpha value is -2.17. The maximum absolute atomic E-state index is 12.4. The topological polar surface area (TPSA) is 103 Å². The van der Waals surface area contributed by atoms with Crippen molar-refractivity contribution in [3.8, 4) is 0 Å². The number of hydrogen-bond donors (Lipinski definition) is 2. The fourth-order valence-corrected chi connectivity index (χ4v) is 6.31. The van der Waals surface area contributed by atoms with Crippen molar-refractivity contribution in [3.05, 3.63) is 35.3 Å². The average Bonchev–Trinajstić information content (AvgIpc) is 3.42. The van der Waals surface area contributed by atoms with E-state index in [4.69, 9.17) is 0 Å². The third kappa shape index (κ3) is 4.76. The Morgan fingerprint density at radius 3 is 2.77 bits per heavy atom. The van der Waals surface area contributed by atoms with Crippen molar-refractivity contribution < 1.29 is 18.3 Å². The molecule has 0 aromatic carbocycles. The molecule has 2 N–H and O–H groups in total. The molecule has 4 heterocycles. The Balaban J connectivity index is 1.52. The number of likely N-dealkylation sites (tertiary alicyclic amines) is 1. The number of anilines is 2. The minimum atomic E-state index is -3.76. The molecular weight excluding hydrogens is 424 g/mol. The molecule has 0 aliphatic carbocycles. The predicted octanol–water partition coefficient (Wildman–Crippen LogP) is 2.95. The molecule has 2 saturated heterocycles. The molecule has 30 heavy (non-hydrogen) atoms. The summed E-state index contributed by atoms with van der Waals surface area (Å²) in [5.74, 6) is -0.221. The molecule has 0 amide bonds. The smallest absolute Gasteiger partial charge is 0.339 e. The number of hydrogen-bond acceptors (Lipinski definition) is 7. The van der Waals surface area contributed by atoms with E-state index < -0.39 is 16.0 Å². The lowest BCUT2D eigenvalue weighted by molar-refractivity contribution is 0.0697. The molecule has 2 aromatic rings. The van der Waals surface area contributed by atoms with Crippen LogP contribution in [0.1, 0.15) is 36.0 Å². The minimum absolute atomic E-state index is 0.0169.